The third-order valence-electron chi connectivity index (χ3n) is 2.57. The minimum atomic E-state index is -0.624. The van der Waals surface area contributed by atoms with Gasteiger partial charge in [-0.2, -0.15) is 0 Å². The fourth-order valence-electron chi connectivity index (χ4n) is 1.56. The summed E-state index contributed by atoms with van der Waals surface area (Å²) in [7, 11) is 3.03. The molecule has 1 aromatic heterocycles. The van der Waals surface area contributed by atoms with Crippen molar-refractivity contribution in [3.8, 4) is 11.4 Å². The first-order chi connectivity index (χ1) is 8.54. The molecule has 18 heavy (non-hydrogen) atoms. The minimum Gasteiger partial charge on any atom is -0.495 e. The van der Waals surface area contributed by atoms with Crippen LogP contribution in [0.25, 0.3) is 5.69 Å². The average molecular weight is 267 g/mol. The maximum atomic E-state index is 11.8. The molecular weight excluding hydrogens is 256 g/mol. The summed E-state index contributed by atoms with van der Waals surface area (Å²) in [5.41, 5.74) is -0.700. The first kappa shape index (κ1) is 12.4. The quantitative estimate of drug-likeness (QED) is 0.768. The summed E-state index contributed by atoms with van der Waals surface area (Å²) < 4.78 is 7.49. The van der Waals surface area contributed by atoms with Gasteiger partial charge in [0.05, 0.1) is 17.8 Å². The molecule has 0 unspecified atom stereocenters. The molecule has 0 spiro atoms. The van der Waals surface area contributed by atoms with Crippen LogP contribution >= 0.6 is 11.6 Å². The van der Waals surface area contributed by atoms with Crippen molar-refractivity contribution >= 4 is 11.6 Å². The predicted octanol–water partition coefficient (Wildman–Crippen LogP) is 1.20. The summed E-state index contributed by atoms with van der Waals surface area (Å²) >= 11 is 5.98. The van der Waals surface area contributed by atoms with E-state index in [1.54, 1.807) is 18.2 Å². The fraction of sp³-hybridized carbons (Fsp3) is 0.167. The lowest BCUT2D eigenvalue weighted by Crippen LogP contribution is -2.38. The van der Waals surface area contributed by atoms with Crippen LogP contribution in [0.5, 0.6) is 5.75 Å². The maximum absolute atomic E-state index is 11.8. The molecule has 0 amide bonds. The van der Waals surface area contributed by atoms with Gasteiger partial charge in [-0.1, -0.05) is 11.6 Å². The molecule has 0 radical (unpaired) electrons. The Kier molecular flexibility index (Phi) is 3.25. The van der Waals surface area contributed by atoms with Gasteiger partial charge in [-0.05, 0) is 18.2 Å². The standard InChI is InChI=1S/C12H11ClN2O3/c1-14-5-6-15(12(17)11(14)16)8-3-4-10(18-2)9(13)7-8/h3-7H,1-2H3. The highest BCUT2D eigenvalue weighted by atomic mass is 35.5. The van der Waals surface area contributed by atoms with Crippen LogP contribution in [0.3, 0.4) is 0 Å². The number of hydrogen-bond acceptors (Lipinski definition) is 3. The van der Waals surface area contributed by atoms with Crippen LogP contribution in [0.4, 0.5) is 0 Å². The lowest BCUT2D eigenvalue weighted by Gasteiger charge is -2.08. The lowest BCUT2D eigenvalue weighted by molar-refractivity contribution is 0.415. The molecule has 0 N–H and O–H groups in total. The lowest BCUT2D eigenvalue weighted by atomic mass is 10.3. The SMILES string of the molecule is COc1ccc(-n2ccn(C)c(=O)c2=O)cc1Cl. The zero-order valence-electron chi connectivity index (χ0n) is 9.88. The molecule has 1 heterocycles. The number of rotatable bonds is 2. The number of aromatic nitrogens is 2. The molecule has 0 saturated carbocycles. The molecule has 0 atom stereocenters. The molecule has 0 saturated heterocycles. The molecular formula is C12H11ClN2O3. The van der Waals surface area contributed by atoms with E-state index in [0.29, 0.717) is 16.5 Å². The third-order valence-corrected chi connectivity index (χ3v) is 2.87. The molecule has 0 aliphatic heterocycles. The average Bonchev–Trinajstić information content (AvgIpc) is 2.36. The number of halogens is 1. The Morgan fingerprint density at radius 3 is 2.50 bits per heavy atom. The molecule has 5 nitrogen and oxygen atoms in total. The number of ether oxygens (including phenoxy) is 1. The topological polar surface area (TPSA) is 53.2 Å². The van der Waals surface area contributed by atoms with Crippen molar-refractivity contribution in [1.82, 2.24) is 9.13 Å². The molecule has 94 valence electrons. The largest absolute Gasteiger partial charge is 0.495 e. The normalized spacial score (nSPS) is 10.4. The van der Waals surface area contributed by atoms with E-state index in [2.05, 4.69) is 0 Å². The van der Waals surface area contributed by atoms with Crippen molar-refractivity contribution in [3.63, 3.8) is 0 Å². The van der Waals surface area contributed by atoms with Crippen molar-refractivity contribution in [1.29, 1.82) is 0 Å². The first-order valence-electron chi connectivity index (χ1n) is 5.17. The second kappa shape index (κ2) is 4.70. The molecule has 0 aliphatic carbocycles. The Morgan fingerprint density at radius 2 is 1.89 bits per heavy atom. The van der Waals surface area contributed by atoms with E-state index >= 15 is 0 Å². The summed E-state index contributed by atoms with van der Waals surface area (Å²) in [6, 6.07) is 4.87. The Balaban J connectivity index is 2.63. The van der Waals surface area contributed by atoms with Gasteiger partial charge in [0.25, 0.3) is 0 Å². The van der Waals surface area contributed by atoms with Crippen LogP contribution in [-0.2, 0) is 7.05 Å². The van der Waals surface area contributed by atoms with Gasteiger partial charge in [0.2, 0.25) is 0 Å². The van der Waals surface area contributed by atoms with Crippen LogP contribution in [-0.4, -0.2) is 16.2 Å². The maximum Gasteiger partial charge on any atom is 0.320 e. The zero-order chi connectivity index (χ0) is 13.3. The summed E-state index contributed by atoms with van der Waals surface area (Å²) in [4.78, 5) is 23.4. The molecule has 0 aliphatic rings. The van der Waals surface area contributed by atoms with Gasteiger partial charge < -0.3 is 9.30 Å². The highest BCUT2D eigenvalue weighted by molar-refractivity contribution is 6.32. The van der Waals surface area contributed by atoms with Crippen molar-refractivity contribution in [2.24, 2.45) is 7.05 Å². The van der Waals surface area contributed by atoms with Crippen LogP contribution < -0.4 is 15.9 Å². The number of methoxy groups -OCH3 is 1. The Bertz CT molecular complexity index is 703. The van der Waals surface area contributed by atoms with E-state index in [0.717, 1.165) is 0 Å². The van der Waals surface area contributed by atoms with Gasteiger partial charge in [0.1, 0.15) is 5.75 Å². The second-order valence-electron chi connectivity index (χ2n) is 3.71. The smallest absolute Gasteiger partial charge is 0.320 e. The molecule has 0 fully saturated rings. The van der Waals surface area contributed by atoms with E-state index in [1.807, 2.05) is 0 Å². The minimum absolute atomic E-state index is 0.377. The van der Waals surface area contributed by atoms with Gasteiger partial charge in [-0.15, -0.1) is 0 Å². The highest BCUT2D eigenvalue weighted by Crippen LogP contribution is 2.25. The van der Waals surface area contributed by atoms with Gasteiger partial charge in [0, 0.05) is 19.4 Å². The second-order valence-corrected chi connectivity index (χ2v) is 4.12. The van der Waals surface area contributed by atoms with Crippen molar-refractivity contribution < 1.29 is 4.74 Å². The molecule has 2 aromatic rings. The van der Waals surface area contributed by atoms with Crippen LogP contribution in [0.2, 0.25) is 5.02 Å². The molecule has 1 aromatic carbocycles. The van der Waals surface area contributed by atoms with Gasteiger partial charge in [-0.25, -0.2) is 0 Å². The van der Waals surface area contributed by atoms with E-state index in [9.17, 15) is 9.59 Å². The molecule has 6 heteroatoms. The van der Waals surface area contributed by atoms with Crippen LogP contribution in [0.15, 0.2) is 40.2 Å². The van der Waals surface area contributed by atoms with Gasteiger partial charge in [0.15, 0.2) is 0 Å². The number of benzene rings is 1. The highest BCUT2D eigenvalue weighted by Gasteiger charge is 2.07. The Hall–Kier alpha value is -2.01. The number of nitrogens with zero attached hydrogens (tertiary/aromatic N) is 2. The molecule has 0 bridgehead atoms. The summed E-state index contributed by atoms with van der Waals surface area (Å²) in [6.07, 6.45) is 3.03. The van der Waals surface area contributed by atoms with E-state index in [4.69, 9.17) is 16.3 Å². The first-order valence-corrected chi connectivity index (χ1v) is 5.54. The van der Waals surface area contributed by atoms with Crippen molar-refractivity contribution in [3.05, 3.63) is 56.3 Å². The number of hydrogen-bond donors (Lipinski definition) is 0. The van der Waals surface area contributed by atoms with Crippen LogP contribution in [0.1, 0.15) is 0 Å². The predicted molar refractivity (Wildman–Crippen MR) is 68.8 cm³/mol. The van der Waals surface area contributed by atoms with E-state index in [-0.39, 0.29) is 0 Å². The van der Waals surface area contributed by atoms with Crippen molar-refractivity contribution in [2.45, 2.75) is 0 Å². The van der Waals surface area contributed by atoms with Crippen LogP contribution in [0, 0.1) is 0 Å². The van der Waals surface area contributed by atoms with Gasteiger partial charge >= 0.3 is 11.1 Å². The molecule has 2 rings (SSSR count). The summed E-state index contributed by atoms with van der Waals surface area (Å²) in [5, 5.41) is 0.377. The summed E-state index contributed by atoms with van der Waals surface area (Å²) in [5.74, 6) is 0.511. The Morgan fingerprint density at radius 1 is 1.17 bits per heavy atom. The van der Waals surface area contributed by atoms with Gasteiger partial charge in [-0.3, -0.25) is 14.2 Å². The van der Waals surface area contributed by atoms with Crippen molar-refractivity contribution in [2.75, 3.05) is 7.11 Å². The third kappa shape index (κ3) is 2.04. The van der Waals surface area contributed by atoms with E-state index < -0.39 is 11.1 Å². The van der Waals surface area contributed by atoms with E-state index in [1.165, 1.54) is 35.7 Å². The zero-order valence-corrected chi connectivity index (χ0v) is 10.6. The summed E-state index contributed by atoms with van der Waals surface area (Å²) in [6.45, 7) is 0. The fourth-order valence-corrected chi connectivity index (χ4v) is 1.82. The monoisotopic (exact) mass is 266 g/mol. The Labute approximate surface area is 108 Å². The number of aryl methyl sites for hydroxylation is 1.